The number of aromatic amines is 1. The number of aromatic nitrogens is 2. The Morgan fingerprint density at radius 3 is 2.71 bits per heavy atom. The summed E-state index contributed by atoms with van der Waals surface area (Å²) in [5.41, 5.74) is -0.415. The first kappa shape index (κ1) is 11.7. The van der Waals surface area contributed by atoms with Gasteiger partial charge in [0.2, 0.25) is 21.9 Å². The lowest BCUT2D eigenvalue weighted by Gasteiger charge is -2.13. The molecule has 1 atom stereocenters. The smallest absolute Gasteiger partial charge is 0.252 e. The van der Waals surface area contributed by atoms with Crippen molar-refractivity contribution in [1.82, 2.24) is 9.97 Å². The van der Waals surface area contributed by atoms with Crippen molar-refractivity contribution in [3.63, 3.8) is 0 Å². The fourth-order valence-corrected chi connectivity index (χ4v) is 2.33. The molecular weight excluding hydrogens is 248 g/mol. The Morgan fingerprint density at radius 1 is 1.47 bits per heavy atom. The highest BCUT2D eigenvalue weighted by atomic mass is 32.2. The lowest BCUT2D eigenvalue weighted by atomic mass is 10.4. The summed E-state index contributed by atoms with van der Waals surface area (Å²) < 4.78 is 22.3. The van der Waals surface area contributed by atoms with Crippen molar-refractivity contribution >= 4 is 21.9 Å². The van der Waals surface area contributed by atoms with Gasteiger partial charge in [0, 0.05) is 25.2 Å². The van der Waals surface area contributed by atoms with Gasteiger partial charge in [-0.05, 0) is 0 Å². The second kappa shape index (κ2) is 3.93. The van der Waals surface area contributed by atoms with Gasteiger partial charge in [-0.1, -0.05) is 0 Å². The molecule has 0 spiro atoms. The average molecular weight is 258 g/mol. The molecule has 1 aromatic rings. The predicted molar refractivity (Wildman–Crippen MR) is 58.7 cm³/mol. The van der Waals surface area contributed by atoms with Crippen LogP contribution in [0.5, 0.6) is 0 Å². The number of hydrogen-bond donors (Lipinski definition) is 2. The van der Waals surface area contributed by atoms with Crippen molar-refractivity contribution in [2.24, 2.45) is 5.14 Å². The molecule has 0 saturated carbocycles. The first-order chi connectivity index (χ1) is 7.88. The van der Waals surface area contributed by atoms with E-state index in [1.165, 1.54) is 12.3 Å². The fraction of sp³-hybridized carbons (Fsp3) is 0.375. The van der Waals surface area contributed by atoms with Gasteiger partial charge in [-0.3, -0.25) is 19.5 Å². The summed E-state index contributed by atoms with van der Waals surface area (Å²) in [6.07, 6.45) is 1.04. The number of H-pyrrole nitrogens is 1. The fourth-order valence-electron chi connectivity index (χ4n) is 1.60. The highest BCUT2D eigenvalue weighted by Gasteiger charge is 2.38. The minimum absolute atomic E-state index is 0.0358. The van der Waals surface area contributed by atoms with E-state index in [2.05, 4.69) is 9.97 Å². The first-order valence-electron chi connectivity index (χ1n) is 4.75. The van der Waals surface area contributed by atoms with Gasteiger partial charge in [0.1, 0.15) is 5.25 Å². The van der Waals surface area contributed by atoms with Gasteiger partial charge in [0.25, 0.3) is 5.56 Å². The highest BCUT2D eigenvalue weighted by Crippen LogP contribution is 2.19. The molecule has 1 amide bonds. The third kappa shape index (κ3) is 2.34. The van der Waals surface area contributed by atoms with E-state index in [9.17, 15) is 18.0 Å². The summed E-state index contributed by atoms with van der Waals surface area (Å²) in [4.78, 5) is 29.9. The van der Waals surface area contributed by atoms with Crippen LogP contribution >= 0.6 is 0 Å². The molecule has 17 heavy (non-hydrogen) atoms. The molecule has 2 rings (SSSR count). The first-order valence-corrected chi connectivity index (χ1v) is 6.36. The summed E-state index contributed by atoms with van der Waals surface area (Å²) >= 11 is 0. The minimum Gasteiger partial charge on any atom is -0.292 e. The van der Waals surface area contributed by atoms with Crippen LogP contribution < -0.4 is 15.6 Å². The van der Waals surface area contributed by atoms with Crippen LogP contribution in [0.4, 0.5) is 5.95 Å². The molecule has 2 heterocycles. The largest absolute Gasteiger partial charge is 0.292 e. The van der Waals surface area contributed by atoms with Crippen LogP contribution in [-0.2, 0) is 14.8 Å². The van der Waals surface area contributed by atoms with Crippen LogP contribution in [0.25, 0.3) is 0 Å². The van der Waals surface area contributed by atoms with Gasteiger partial charge in [0.05, 0.1) is 0 Å². The van der Waals surface area contributed by atoms with E-state index in [1.807, 2.05) is 0 Å². The normalized spacial score (nSPS) is 20.9. The van der Waals surface area contributed by atoms with Gasteiger partial charge in [-0.15, -0.1) is 0 Å². The maximum atomic E-state index is 11.6. The number of amides is 1. The van der Waals surface area contributed by atoms with Crippen LogP contribution in [0.1, 0.15) is 6.42 Å². The number of rotatable bonds is 2. The van der Waals surface area contributed by atoms with Crippen molar-refractivity contribution in [2.45, 2.75) is 11.7 Å². The summed E-state index contributed by atoms with van der Waals surface area (Å²) in [5, 5.41) is 4.02. The Kier molecular flexibility index (Phi) is 2.71. The SMILES string of the molecule is NS(=O)(=O)C1CC(=O)N(c2nccc(=O)[nH]2)C1. The minimum atomic E-state index is -3.77. The van der Waals surface area contributed by atoms with E-state index in [4.69, 9.17) is 5.14 Å². The Bertz CT molecular complexity index is 608. The van der Waals surface area contributed by atoms with Gasteiger partial charge >= 0.3 is 0 Å². The van der Waals surface area contributed by atoms with Crippen molar-refractivity contribution in [1.29, 1.82) is 0 Å². The molecule has 0 aliphatic carbocycles. The number of carbonyl (C=O) groups is 1. The summed E-state index contributed by atoms with van der Waals surface area (Å²) in [5.74, 6) is -0.396. The molecule has 1 aromatic heterocycles. The number of sulfonamides is 1. The third-order valence-electron chi connectivity index (χ3n) is 2.47. The molecular formula is C8H10N4O4S. The molecule has 3 N–H and O–H groups in total. The van der Waals surface area contributed by atoms with Crippen molar-refractivity contribution in [2.75, 3.05) is 11.4 Å². The Balaban J connectivity index is 2.31. The zero-order chi connectivity index (χ0) is 12.6. The Morgan fingerprint density at radius 2 is 2.18 bits per heavy atom. The van der Waals surface area contributed by atoms with Crippen molar-refractivity contribution in [3.8, 4) is 0 Å². The van der Waals surface area contributed by atoms with Crippen molar-refractivity contribution < 1.29 is 13.2 Å². The molecule has 92 valence electrons. The topological polar surface area (TPSA) is 126 Å². The number of nitrogens with one attached hydrogen (secondary N) is 1. The molecule has 1 fully saturated rings. The second-order valence-electron chi connectivity index (χ2n) is 3.68. The summed E-state index contributed by atoms with van der Waals surface area (Å²) in [7, 11) is -3.77. The average Bonchev–Trinajstić information content (AvgIpc) is 2.60. The maximum absolute atomic E-state index is 11.6. The van der Waals surface area contributed by atoms with Gasteiger partial charge < -0.3 is 0 Å². The lowest BCUT2D eigenvalue weighted by molar-refractivity contribution is -0.117. The highest BCUT2D eigenvalue weighted by molar-refractivity contribution is 7.89. The molecule has 9 heteroatoms. The predicted octanol–water partition coefficient (Wildman–Crippen LogP) is -1.84. The standard InChI is InChI=1S/C8H10N4O4S/c9-17(15,16)5-3-7(14)12(4-5)8-10-2-1-6(13)11-8/h1-2,5H,3-4H2,(H2,9,15,16)(H,10,11,13). The molecule has 1 unspecified atom stereocenters. The number of hydrogen-bond acceptors (Lipinski definition) is 5. The van der Waals surface area contributed by atoms with Gasteiger partial charge in [0.15, 0.2) is 0 Å². The van der Waals surface area contributed by atoms with E-state index in [0.29, 0.717) is 0 Å². The third-order valence-corrected chi connectivity index (χ3v) is 3.71. The number of primary sulfonamides is 1. The molecule has 1 aliphatic heterocycles. The van der Waals surface area contributed by atoms with Crippen molar-refractivity contribution in [3.05, 3.63) is 22.6 Å². The van der Waals surface area contributed by atoms with E-state index in [-0.39, 0.29) is 18.9 Å². The van der Waals surface area contributed by atoms with Gasteiger partial charge in [-0.25, -0.2) is 18.5 Å². The van der Waals surface area contributed by atoms with E-state index in [1.54, 1.807) is 0 Å². The summed E-state index contributed by atoms with van der Waals surface area (Å²) in [6, 6.07) is 1.20. The number of nitrogens with zero attached hydrogens (tertiary/aromatic N) is 2. The monoisotopic (exact) mass is 258 g/mol. The van der Waals surface area contributed by atoms with E-state index < -0.39 is 26.7 Å². The molecule has 1 aliphatic rings. The van der Waals surface area contributed by atoms with Crippen LogP contribution in [0.15, 0.2) is 17.1 Å². The molecule has 0 aromatic carbocycles. The number of anilines is 1. The zero-order valence-electron chi connectivity index (χ0n) is 8.66. The lowest BCUT2D eigenvalue weighted by Crippen LogP contribution is -2.33. The van der Waals surface area contributed by atoms with E-state index >= 15 is 0 Å². The quantitative estimate of drug-likeness (QED) is 0.644. The molecule has 8 nitrogen and oxygen atoms in total. The number of nitrogens with two attached hydrogens (primary N) is 1. The summed E-state index contributed by atoms with van der Waals surface area (Å²) in [6.45, 7) is -0.0926. The Hall–Kier alpha value is -1.74. The van der Waals surface area contributed by atoms with Crippen LogP contribution in [-0.4, -0.2) is 36.1 Å². The molecule has 0 bridgehead atoms. The van der Waals surface area contributed by atoms with Crippen LogP contribution in [0.3, 0.4) is 0 Å². The Labute approximate surface area is 96.5 Å². The van der Waals surface area contributed by atoms with Gasteiger partial charge in [-0.2, -0.15) is 0 Å². The molecule has 1 saturated heterocycles. The van der Waals surface area contributed by atoms with Crippen LogP contribution in [0.2, 0.25) is 0 Å². The number of carbonyl (C=O) groups excluding carboxylic acids is 1. The zero-order valence-corrected chi connectivity index (χ0v) is 9.48. The maximum Gasteiger partial charge on any atom is 0.252 e. The second-order valence-corrected chi connectivity index (χ2v) is 5.52. The van der Waals surface area contributed by atoms with E-state index in [0.717, 1.165) is 4.90 Å². The van der Waals surface area contributed by atoms with Crippen LogP contribution in [0, 0.1) is 0 Å². The molecule has 0 radical (unpaired) electrons.